The van der Waals surface area contributed by atoms with Gasteiger partial charge in [0.05, 0.1) is 27.8 Å². The van der Waals surface area contributed by atoms with Gasteiger partial charge in [-0.2, -0.15) is 4.31 Å². The molecule has 0 spiro atoms. The van der Waals surface area contributed by atoms with Gasteiger partial charge in [-0.1, -0.05) is 23.2 Å². The van der Waals surface area contributed by atoms with Crippen LogP contribution in [0, 0.1) is 5.92 Å². The maximum absolute atomic E-state index is 12.9. The lowest BCUT2D eigenvalue weighted by molar-refractivity contribution is -0.120. The molecule has 1 aliphatic heterocycles. The Morgan fingerprint density at radius 1 is 1.10 bits per heavy atom. The van der Waals surface area contributed by atoms with Crippen LogP contribution < -0.4 is 5.32 Å². The molecule has 1 heterocycles. The number of piperidine rings is 1. The molecule has 7 nitrogen and oxygen atoms in total. The van der Waals surface area contributed by atoms with E-state index in [2.05, 4.69) is 5.32 Å². The Labute approximate surface area is 191 Å². The molecule has 0 bridgehead atoms. The van der Waals surface area contributed by atoms with Gasteiger partial charge in [0.15, 0.2) is 0 Å². The largest absolute Gasteiger partial charge is 0.462 e. The van der Waals surface area contributed by atoms with Crippen LogP contribution in [0.5, 0.6) is 0 Å². The third-order valence-corrected chi connectivity index (χ3v) is 7.48. The molecule has 2 aromatic carbocycles. The van der Waals surface area contributed by atoms with E-state index in [0.717, 1.165) is 0 Å². The summed E-state index contributed by atoms with van der Waals surface area (Å²) in [6.45, 7) is 2.37. The molecule has 166 valence electrons. The second-order valence-electron chi connectivity index (χ2n) is 7.04. The number of esters is 1. The van der Waals surface area contributed by atoms with Crippen LogP contribution in [0.4, 0.5) is 5.69 Å². The van der Waals surface area contributed by atoms with E-state index in [-0.39, 0.29) is 42.0 Å². The third kappa shape index (κ3) is 5.57. The first kappa shape index (κ1) is 23.5. The minimum atomic E-state index is -3.72. The first-order chi connectivity index (χ1) is 14.7. The van der Waals surface area contributed by atoms with E-state index in [1.165, 1.54) is 28.6 Å². The van der Waals surface area contributed by atoms with Crippen molar-refractivity contribution in [2.75, 3.05) is 25.0 Å². The first-order valence-electron chi connectivity index (χ1n) is 9.75. The molecule has 0 atom stereocenters. The van der Waals surface area contributed by atoms with Crippen LogP contribution in [0.3, 0.4) is 0 Å². The number of hydrogen-bond acceptors (Lipinski definition) is 5. The minimum absolute atomic E-state index is 0.0939. The zero-order valence-corrected chi connectivity index (χ0v) is 19.1. The third-order valence-electron chi connectivity index (χ3n) is 5.02. The normalized spacial score (nSPS) is 15.5. The predicted octanol–water partition coefficient (Wildman–Crippen LogP) is 4.21. The number of ether oxygens (including phenoxy) is 1. The second kappa shape index (κ2) is 9.99. The van der Waals surface area contributed by atoms with Crippen molar-refractivity contribution in [1.29, 1.82) is 0 Å². The Hall–Kier alpha value is -2.13. The Kier molecular flexibility index (Phi) is 7.59. The highest BCUT2D eigenvalue weighted by molar-refractivity contribution is 7.89. The number of carbonyl (C=O) groups is 2. The number of anilines is 1. The molecule has 0 aliphatic carbocycles. The standard InChI is InChI=1S/C21H22Cl2N2O5S/c1-2-30-21(27)15-3-6-17(7-4-15)31(28,29)25-11-9-14(10-12-25)20(26)24-19-8-5-16(22)13-18(19)23/h3-8,13-14H,2,9-12H2,1H3,(H,24,26). The number of halogens is 2. The number of sulfonamides is 1. The van der Waals surface area contributed by atoms with Crippen molar-refractivity contribution in [2.24, 2.45) is 5.92 Å². The molecule has 10 heteroatoms. The molecule has 1 saturated heterocycles. The maximum atomic E-state index is 12.9. The minimum Gasteiger partial charge on any atom is -0.462 e. The van der Waals surface area contributed by atoms with Gasteiger partial charge in [-0.05, 0) is 62.2 Å². The molecule has 0 saturated carbocycles. The van der Waals surface area contributed by atoms with Gasteiger partial charge in [-0.3, -0.25) is 4.79 Å². The van der Waals surface area contributed by atoms with Crippen LogP contribution in [-0.4, -0.2) is 44.3 Å². The van der Waals surface area contributed by atoms with E-state index in [1.807, 2.05) is 0 Å². The molecule has 1 amide bonds. The van der Waals surface area contributed by atoms with Crippen molar-refractivity contribution in [3.63, 3.8) is 0 Å². The summed E-state index contributed by atoms with van der Waals surface area (Å²) in [5.74, 6) is -1.04. The molecule has 1 N–H and O–H groups in total. The molecule has 1 aliphatic rings. The fraction of sp³-hybridized carbons (Fsp3) is 0.333. The molecule has 3 rings (SSSR count). The number of amides is 1. The fourth-order valence-electron chi connectivity index (χ4n) is 3.31. The van der Waals surface area contributed by atoms with Crippen LogP contribution in [0.1, 0.15) is 30.1 Å². The van der Waals surface area contributed by atoms with E-state index in [1.54, 1.807) is 25.1 Å². The lowest BCUT2D eigenvalue weighted by Crippen LogP contribution is -2.41. The Morgan fingerprint density at radius 3 is 2.32 bits per heavy atom. The maximum Gasteiger partial charge on any atom is 0.338 e. The monoisotopic (exact) mass is 484 g/mol. The number of carbonyl (C=O) groups excluding carboxylic acids is 2. The van der Waals surface area contributed by atoms with Crippen LogP contribution >= 0.6 is 23.2 Å². The number of rotatable bonds is 6. The summed E-state index contributed by atoms with van der Waals surface area (Å²) in [6, 6.07) is 10.4. The van der Waals surface area contributed by atoms with E-state index < -0.39 is 16.0 Å². The lowest BCUT2D eigenvalue weighted by atomic mass is 9.97. The van der Waals surface area contributed by atoms with E-state index in [4.69, 9.17) is 27.9 Å². The summed E-state index contributed by atoms with van der Waals surface area (Å²) < 4.78 is 32.1. The van der Waals surface area contributed by atoms with Crippen molar-refractivity contribution in [3.05, 3.63) is 58.1 Å². The summed E-state index contributed by atoms with van der Waals surface area (Å²) in [5, 5.41) is 3.59. The molecule has 2 aromatic rings. The van der Waals surface area contributed by atoms with Crippen molar-refractivity contribution in [1.82, 2.24) is 4.31 Å². The smallest absolute Gasteiger partial charge is 0.338 e. The highest BCUT2D eigenvalue weighted by atomic mass is 35.5. The lowest BCUT2D eigenvalue weighted by Gasteiger charge is -2.30. The van der Waals surface area contributed by atoms with Crippen LogP contribution in [0.25, 0.3) is 0 Å². The van der Waals surface area contributed by atoms with Crippen LogP contribution in [-0.2, 0) is 19.6 Å². The molecule has 0 radical (unpaired) electrons. The highest BCUT2D eigenvalue weighted by Crippen LogP contribution is 2.28. The Balaban J connectivity index is 1.61. The summed E-state index contributed by atoms with van der Waals surface area (Å²) >= 11 is 12.0. The van der Waals surface area contributed by atoms with Gasteiger partial charge in [0.25, 0.3) is 0 Å². The predicted molar refractivity (Wildman–Crippen MR) is 119 cm³/mol. The molecule has 31 heavy (non-hydrogen) atoms. The van der Waals surface area contributed by atoms with Crippen LogP contribution in [0.15, 0.2) is 47.4 Å². The number of benzene rings is 2. The average Bonchev–Trinajstić information content (AvgIpc) is 2.76. The molecule has 0 unspecified atom stereocenters. The SMILES string of the molecule is CCOC(=O)c1ccc(S(=O)(=O)N2CCC(C(=O)Nc3ccc(Cl)cc3Cl)CC2)cc1. The summed E-state index contributed by atoms with van der Waals surface area (Å²) in [5.41, 5.74) is 0.754. The van der Waals surface area contributed by atoms with Gasteiger partial charge in [0.2, 0.25) is 15.9 Å². The first-order valence-corrected chi connectivity index (χ1v) is 11.9. The summed E-state index contributed by atoms with van der Waals surface area (Å²) in [4.78, 5) is 24.4. The van der Waals surface area contributed by atoms with Crippen molar-refractivity contribution < 1.29 is 22.7 Å². The quantitative estimate of drug-likeness (QED) is 0.619. The van der Waals surface area contributed by atoms with Gasteiger partial charge in [-0.25, -0.2) is 13.2 Å². The van der Waals surface area contributed by atoms with Crippen molar-refractivity contribution in [3.8, 4) is 0 Å². The number of nitrogens with zero attached hydrogens (tertiary/aromatic N) is 1. The summed E-state index contributed by atoms with van der Waals surface area (Å²) in [7, 11) is -3.72. The fourth-order valence-corrected chi connectivity index (χ4v) is 5.24. The van der Waals surface area contributed by atoms with E-state index in [9.17, 15) is 18.0 Å². The van der Waals surface area contributed by atoms with Gasteiger partial charge >= 0.3 is 5.97 Å². The van der Waals surface area contributed by atoms with Crippen molar-refractivity contribution in [2.45, 2.75) is 24.7 Å². The number of hydrogen-bond donors (Lipinski definition) is 1. The Bertz CT molecular complexity index is 1070. The van der Waals surface area contributed by atoms with E-state index in [0.29, 0.717) is 28.6 Å². The Morgan fingerprint density at radius 2 is 1.74 bits per heavy atom. The topological polar surface area (TPSA) is 92.8 Å². The highest BCUT2D eigenvalue weighted by Gasteiger charge is 2.32. The van der Waals surface area contributed by atoms with Crippen molar-refractivity contribution >= 4 is 50.8 Å². The molecular formula is C21H22Cl2N2O5S. The average molecular weight is 485 g/mol. The second-order valence-corrected chi connectivity index (χ2v) is 9.82. The van der Waals surface area contributed by atoms with Crippen LogP contribution in [0.2, 0.25) is 10.0 Å². The van der Waals surface area contributed by atoms with Gasteiger partial charge in [0, 0.05) is 24.0 Å². The van der Waals surface area contributed by atoms with Gasteiger partial charge < -0.3 is 10.1 Å². The molecule has 1 fully saturated rings. The molecular weight excluding hydrogens is 463 g/mol. The zero-order chi connectivity index (χ0) is 22.6. The van der Waals surface area contributed by atoms with Gasteiger partial charge in [0.1, 0.15) is 0 Å². The van der Waals surface area contributed by atoms with Gasteiger partial charge in [-0.15, -0.1) is 0 Å². The zero-order valence-electron chi connectivity index (χ0n) is 16.8. The molecule has 0 aromatic heterocycles. The summed E-state index contributed by atoms with van der Waals surface area (Å²) in [6.07, 6.45) is 0.772. The van der Waals surface area contributed by atoms with E-state index >= 15 is 0 Å². The number of nitrogens with one attached hydrogen (secondary N) is 1.